The molecule has 0 radical (unpaired) electrons. The Morgan fingerprint density at radius 2 is 0.859 bits per heavy atom. The van der Waals surface area contributed by atoms with Crippen LogP contribution in [0.4, 0.5) is 0 Å². The molecule has 0 aliphatic heterocycles. The SMILES string of the molecule is CSCC[C@H](NC(=O)[C@H](CS)NC(=O)CNC(=O)[C@H](Cc1ccc(O)cc1)NC(=O)[C@H](CCC(=O)O)NC(=O)CNC(=O)[C@H](C)NC(=O)[C@H](CC(=O)O)NC(=O)[C@H](CCC(=O)O)NC(=O)[C@H](CCC(=O)O)NC(=O)[C@H](CCC(N)=O)NC(=O)[C@@H](N)CC(C)C)C(N)=O. The third-order valence-electron chi connectivity index (χ3n) is 13.0. The molecule has 0 bridgehead atoms. The predicted octanol–water partition coefficient (Wildman–Crippen LogP) is -6.57. The Hall–Kier alpha value is -9.33. The molecule has 92 heavy (non-hydrogen) atoms. The quantitative estimate of drug-likeness (QED) is 0.0270. The van der Waals surface area contributed by atoms with Crippen LogP contribution in [0.15, 0.2) is 24.3 Å². The molecule has 0 fully saturated rings. The molecule has 1 aromatic carbocycles. The van der Waals surface area contributed by atoms with Gasteiger partial charge in [0, 0.05) is 37.9 Å². The topological polar surface area (TPSA) is 602 Å². The summed E-state index contributed by atoms with van der Waals surface area (Å²) in [6, 6.07) is -10.7. The second kappa shape index (κ2) is 41.9. The van der Waals surface area contributed by atoms with Crippen LogP contribution in [0.25, 0.3) is 0 Å². The van der Waals surface area contributed by atoms with Gasteiger partial charge in [0.15, 0.2) is 0 Å². The number of hydrogen-bond donors (Lipinski definition) is 20. The van der Waals surface area contributed by atoms with E-state index < -0.39 is 232 Å². The summed E-state index contributed by atoms with van der Waals surface area (Å²) in [5.41, 5.74) is 16.9. The largest absolute Gasteiger partial charge is 0.508 e. The van der Waals surface area contributed by atoms with Crippen LogP contribution >= 0.6 is 24.4 Å². The summed E-state index contributed by atoms with van der Waals surface area (Å²) >= 11 is 5.47. The van der Waals surface area contributed by atoms with Crippen molar-refractivity contribution in [3.63, 3.8) is 0 Å². The van der Waals surface area contributed by atoms with Crippen LogP contribution in [-0.2, 0) is 87.9 Å². The van der Waals surface area contributed by atoms with Crippen molar-refractivity contribution in [2.45, 2.75) is 158 Å². The van der Waals surface area contributed by atoms with E-state index >= 15 is 0 Å². The summed E-state index contributed by atoms with van der Waals surface area (Å²) < 4.78 is 0. The maximum atomic E-state index is 13.8. The van der Waals surface area contributed by atoms with Gasteiger partial charge in [0.25, 0.3) is 0 Å². The lowest BCUT2D eigenvalue weighted by molar-refractivity contribution is -0.142. The molecular weight excluding hydrogens is 1260 g/mol. The number of aliphatic carboxylic acids is 4. The summed E-state index contributed by atoms with van der Waals surface area (Å²) in [7, 11) is 0. The predicted molar refractivity (Wildman–Crippen MR) is 326 cm³/mol. The van der Waals surface area contributed by atoms with Gasteiger partial charge in [-0.3, -0.25) is 81.5 Å². The molecule has 0 aromatic heterocycles. The lowest BCUT2D eigenvalue weighted by Crippen LogP contribution is -2.59. The van der Waals surface area contributed by atoms with Gasteiger partial charge >= 0.3 is 23.9 Å². The smallest absolute Gasteiger partial charge is 0.305 e. The number of carbonyl (C=O) groups excluding carboxylic acids is 13. The first-order valence-electron chi connectivity index (χ1n) is 28.4. The minimum Gasteiger partial charge on any atom is -0.508 e. The fourth-order valence-corrected chi connectivity index (χ4v) is 8.81. The standard InChI is InChI=1S/C54H82N14O22S2/c1-25(2)19-29(55)47(83)64-32(9-13-38(56)70)50(86)65-33(11-15-42(75)76)51(87)66-34(12-16-43(77)78)52(88)68-36(21-44(79)80)53(89)60-26(3)46(82)58-22-39(71)61-31(10-14-41(73)74)49(85)67-35(20-27-5-7-28(69)8-6-27)48(84)59-23-40(72)62-37(24-91)54(90)63-30(45(57)81)17-18-92-4/h5-8,25-26,29-37,69,91H,9-24,55H2,1-4H3,(H2,56,70)(H2,57,81)(H,58,82)(H,59,84)(H,60,89)(H,61,71)(H,62,72)(H,63,90)(H,64,83)(H,65,86)(H,66,87)(H,67,85)(H,68,88)(H,73,74)(H,75,76)(H,77,78)(H,79,80)/t26-,29-,30-,31-,32-,33-,34-,35-,36-,37-/m0/s1. The van der Waals surface area contributed by atoms with Crippen LogP contribution in [0.3, 0.4) is 0 Å². The van der Waals surface area contributed by atoms with Gasteiger partial charge in [-0.25, -0.2) is 0 Å². The molecule has 1 rings (SSSR count). The number of phenolic OH excluding ortho intramolecular Hbond substituents is 1. The number of amides is 13. The Bertz CT molecular complexity index is 2810. The van der Waals surface area contributed by atoms with Crippen LogP contribution in [0.1, 0.15) is 97.0 Å². The fourth-order valence-electron chi connectivity index (χ4n) is 8.08. The molecular formula is C54H82N14O22S2. The lowest BCUT2D eigenvalue weighted by atomic mass is 10.0. The number of benzene rings is 1. The number of thiol groups is 1. The van der Waals surface area contributed by atoms with Crippen molar-refractivity contribution in [2.75, 3.05) is 30.9 Å². The first-order chi connectivity index (χ1) is 43.1. The van der Waals surface area contributed by atoms with Gasteiger partial charge in [0.2, 0.25) is 76.8 Å². The highest BCUT2D eigenvalue weighted by molar-refractivity contribution is 7.98. The molecule has 0 unspecified atom stereocenters. The van der Waals surface area contributed by atoms with Crippen LogP contribution in [0, 0.1) is 5.92 Å². The number of carboxylic acid groups (broad SMARTS) is 4. The second-order valence-corrected chi connectivity index (χ2v) is 22.5. The number of nitrogens with one attached hydrogen (secondary N) is 11. The first-order valence-corrected chi connectivity index (χ1v) is 30.4. The summed E-state index contributed by atoms with van der Waals surface area (Å²) in [5, 5.41) is 72.5. The van der Waals surface area contributed by atoms with Crippen molar-refractivity contribution in [2.24, 2.45) is 23.1 Å². The highest BCUT2D eigenvalue weighted by atomic mass is 32.2. The highest BCUT2D eigenvalue weighted by Crippen LogP contribution is 2.13. The van der Waals surface area contributed by atoms with Gasteiger partial charge in [0.1, 0.15) is 60.1 Å². The van der Waals surface area contributed by atoms with E-state index in [9.17, 15) is 107 Å². The number of primary amides is 2. The molecule has 36 nitrogen and oxygen atoms in total. The van der Waals surface area contributed by atoms with Gasteiger partial charge in [-0.15, -0.1) is 0 Å². The van der Waals surface area contributed by atoms with Crippen molar-refractivity contribution in [3.05, 3.63) is 29.8 Å². The van der Waals surface area contributed by atoms with E-state index in [2.05, 4.69) is 65.8 Å². The van der Waals surface area contributed by atoms with E-state index in [0.717, 1.165) is 6.92 Å². The molecule has 0 saturated carbocycles. The molecule has 0 saturated heterocycles. The number of hydrogen-bond acceptors (Lipinski definition) is 21. The van der Waals surface area contributed by atoms with E-state index in [1.54, 1.807) is 20.1 Å². The molecule has 0 spiro atoms. The highest BCUT2D eigenvalue weighted by Gasteiger charge is 2.35. The summed E-state index contributed by atoms with van der Waals surface area (Å²) in [5.74, 6) is -20.2. The van der Waals surface area contributed by atoms with Crippen LogP contribution < -0.4 is 75.7 Å². The number of phenols is 1. The number of aromatic hydroxyl groups is 1. The number of rotatable bonds is 45. The number of thioether (sulfide) groups is 1. The Kier molecular flexibility index (Phi) is 36.7. The number of carboxylic acids is 4. The van der Waals surface area contributed by atoms with E-state index in [1.807, 2.05) is 5.32 Å². The zero-order chi connectivity index (χ0) is 69.9. The van der Waals surface area contributed by atoms with Gasteiger partial charge < -0.3 is 101 Å². The molecule has 0 aliphatic carbocycles. The molecule has 512 valence electrons. The van der Waals surface area contributed by atoms with Gasteiger partial charge in [-0.2, -0.15) is 24.4 Å². The van der Waals surface area contributed by atoms with Crippen LogP contribution in [-0.4, -0.2) is 217 Å². The minimum atomic E-state index is -2.10. The number of carbonyl (C=O) groups is 17. The maximum absolute atomic E-state index is 13.8. The van der Waals surface area contributed by atoms with E-state index in [1.165, 1.54) is 36.0 Å². The molecule has 1 aromatic rings. The van der Waals surface area contributed by atoms with Crippen LogP contribution in [0.2, 0.25) is 0 Å². The van der Waals surface area contributed by atoms with Crippen molar-refractivity contribution < 1.29 is 107 Å². The Morgan fingerprint density at radius 3 is 1.28 bits per heavy atom. The summed E-state index contributed by atoms with van der Waals surface area (Å²) in [6.07, 6.45) is -4.77. The van der Waals surface area contributed by atoms with Crippen molar-refractivity contribution in [3.8, 4) is 5.75 Å². The van der Waals surface area contributed by atoms with Crippen molar-refractivity contribution >= 4 is 125 Å². The average molecular weight is 1340 g/mol. The van der Waals surface area contributed by atoms with Gasteiger partial charge in [0.05, 0.1) is 25.6 Å². The molecule has 0 heterocycles. The molecule has 10 atom stereocenters. The minimum absolute atomic E-state index is 0.0720. The Balaban J connectivity index is 3.32. The monoisotopic (exact) mass is 1340 g/mol. The third-order valence-corrected chi connectivity index (χ3v) is 14.0. The summed E-state index contributed by atoms with van der Waals surface area (Å²) in [6.45, 7) is 2.77. The normalized spacial score (nSPS) is 14.1. The van der Waals surface area contributed by atoms with Crippen molar-refractivity contribution in [1.29, 1.82) is 0 Å². The second-order valence-electron chi connectivity index (χ2n) is 21.1. The average Bonchev–Trinajstić information content (AvgIpc) is 0.944. The molecule has 22 N–H and O–H groups in total. The molecule has 13 amide bonds. The van der Waals surface area contributed by atoms with E-state index in [-0.39, 0.29) is 36.7 Å². The van der Waals surface area contributed by atoms with Gasteiger partial charge in [-0.05, 0) is 81.1 Å². The zero-order valence-electron chi connectivity index (χ0n) is 50.7. The number of nitrogens with two attached hydrogens (primary N) is 3. The fraction of sp³-hybridized carbons (Fsp3) is 0.574. The first kappa shape index (κ1) is 80.7. The Labute approximate surface area is 536 Å². The lowest BCUT2D eigenvalue weighted by Gasteiger charge is -2.26. The zero-order valence-corrected chi connectivity index (χ0v) is 52.4. The van der Waals surface area contributed by atoms with Crippen molar-refractivity contribution in [1.82, 2.24) is 58.5 Å². The third kappa shape index (κ3) is 32.9. The molecule has 38 heteroatoms. The van der Waals surface area contributed by atoms with Crippen LogP contribution in [0.5, 0.6) is 5.75 Å². The summed E-state index contributed by atoms with van der Waals surface area (Å²) in [4.78, 5) is 218. The van der Waals surface area contributed by atoms with Gasteiger partial charge in [-0.1, -0.05) is 26.0 Å². The maximum Gasteiger partial charge on any atom is 0.305 e. The molecule has 0 aliphatic rings. The van der Waals surface area contributed by atoms with E-state index in [0.29, 0.717) is 11.3 Å². The Morgan fingerprint density at radius 1 is 0.467 bits per heavy atom. The van der Waals surface area contributed by atoms with E-state index in [4.69, 9.17) is 17.2 Å².